The Morgan fingerprint density at radius 2 is 1.59 bits per heavy atom. The summed E-state index contributed by atoms with van der Waals surface area (Å²) >= 11 is 0. The summed E-state index contributed by atoms with van der Waals surface area (Å²) in [5.41, 5.74) is -0.433. The third-order valence-corrected chi connectivity index (χ3v) is 7.88. The molecule has 29 heavy (non-hydrogen) atoms. The van der Waals surface area contributed by atoms with Gasteiger partial charge in [-0.2, -0.15) is 0 Å². The maximum absolute atomic E-state index is 14.4. The number of amides is 1. The highest BCUT2D eigenvalue weighted by atomic mass is 32.2. The highest BCUT2D eigenvalue weighted by Gasteiger charge is 2.40. The number of halogens is 2. The first-order chi connectivity index (χ1) is 13.7. The van der Waals surface area contributed by atoms with Crippen LogP contribution >= 0.6 is 0 Å². The molecule has 0 radical (unpaired) electrons. The molecule has 2 aromatic rings. The van der Waals surface area contributed by atoms with Gasteiger partial charge >= 0.3 is 0 Å². The van der Waals surface area contributed by atoms with Gasteiger partial charge in [0.1, 0.15) is 11.6 Å². The van der Waals surface area contributed by atoms with Crippen molar-refractivity contribution in [2.75, 3.05) is 6.54 Å². The van der Waals surface area contributed by atoms with Gasteiger partial charge in [0.15, 0.2) is 9.84 Å². The van der Waals surface area contributed by atoms with Gasteiger partial charge in [0, 0.05) is 23.1 Å². The average Bonchev–Trinajstić information content (AvgIpc) is 3.15. The predicted molar refractivity (Wildman–Crippen MR) is 108 cm³/mol. The Balaban J connectivity index is 1.78. The van der Waals surface area contributed by atoms with E-state index in [1.807, 2.05) is 0 Å². The first-order valence-electron chi connectivity index (χ1n) is 9.74. The molecular formula is C22H25F2NO3S. The summed E-state index contributed by atoms with van der Waals surface area (Å²) in [4.78, 5) is 12.7. The average molecular weight is 422 g/mol. The monoisotopic (exact) mass is 421 g/mol. The summed E-state index contributed by atoms with van der Waals surface area (Å²) < 4.78 is 53.2. The molecule has 7 heteroatoms. The van der Waals surface area contributed by atoms with Gasteiger partial charge in [-0.1, -0.05) is 18.9 Å². The summed E-state index contributed by atoms with van der Waals surface area (Å²) in [6.07, 6.45) is 2.87. The molecule has 0 atom stereocenters. The molecular weight excluding hydrogens is 396 g/mol. The van der Waals surface area contributed by atoms with Gasteiger partial charge < -0.3 is 5.32 Å². The molecule has 156 valence electrons. The molecule has 1 aliphatic rings. The standard InChI is InChI=1S/C22H25F2NO3S/c1-15(2)29(27,28)17-10-8-16(9-11-17)21(26)25-14-22(12-3-4-13-22)20-18(23)6-5-7-19(20)24/h5-11,15H,3-4,12-14H2,1-2H3,(H,25,26). The second-order valence-corrected chi connectivity index (χ2v) is 10.4. The Hall–Kier alpha value is -2.28. The molecule has 0 bridgehead atoms. The van der Waals surface area contributed by atoms with Gasteiger partial charge in [0.05, 0.1) is 10.1 Å². The second-order valence-electron chi connectivity index (χ2n) is 7.88. The molecule has 0 spiro atoms. The molecule has 1 N–H and O–H groups in total. The number of nitrogens with one attached hydrogen (secondary N) is 1. The van der Waals surface area contributed by atoms with E-state index in [-0.39, 0.29) is 17.0 Å². The van der Waals surface area contributed by atoms with Crippen LogP contribution in [0.5, 0.6) is 0 Å². The number of carbonyl (C=O) groups is 1. The summed E-state index contributed by atoms with van der Waals surface area (Å²) in [5.74, 6) is -1.59. The topological polar surface area (TPSA) is 63.2 Å². The van der Waals surface area contributed by atoms with Crippen LogP contribution in [0.1, 0.15) is 55.5 Å². The number of carbonyl (C=O) groups excluding carboxylic acids is 1. The Bertz CT molecular complexity index is 975. The third-order valence-electron chi connectivity index (χ3n) is 5.71. The number of sulfone groups is 1. The van der Waals surface area contributed by atoms with Crippen molar-refractivity contribution >= 4 is 15.7 Å². The maximum Gasteiger partial charge on any atom is 0.251 e. The number of hydrogen-bond acceptors (Lipinski definition) is 3. The van der Waals surface area contributed by atoms with Crippen LogP contribution in [0.4, 0.5) is 8.78 Å². The molecule has 1 amide bonds. The minimum atomic E-state index is -3.42. The lowest BCUT2D eigenvalue weighted by molar-refractivity contribution is 0.0942. The first kappa shape index (κ1) is 21.4. The van der Waals surface area contributed by atoms with Gasteiger partial charge in [-0.25, -0.2) is 17.2 Å². The lowest BCUT2D eigenvalue weighted by Crippen LogP contribution is -2.40. The molecule has 0 heterocycles. The first-order valence-corrected chi connectivity index (χ1v) is 11.3. The van der Waals surface area contributed by atoms with Crippen LogP contribution in [0.2, 0.25) is 0 Å². The number of rotatable bonds is 6. The van der Waals surface area contributed by atoms with E-state index >= 15 is 0 Å². The maximum atomic E-state index is 14.4. The molecule has 0 aromatic heterocycles. The van der Waals surface area contributed by atoms with Crippen molar-refractivity contribution in [2.24, 2.45) is 0 Å². The number of benzene rings is 2. The summed E-state index contributed by atoms with van der Waals surface area (Å²) in [6.45, 7) is 3.31. The van der Waals surface area contributed by atoms with Crippen molar-refractivity contribution in [1.29, 1.82) is 0 Å². The van der Waals surface area contributed by atoms with Crippen molar-refractivity contribution in [2.45, 2.75) is 55.1 Å². The van der Waals surface area contributed by atoms with E-state index < -0.39 is 38.0 Å². The lowest BCUT2D eigenvalue weighted by atomic mass is 9.78. The molecule has 0 aliphatic heterocycles. The molecule has 1 saturated carbocycles. The quantitative estimate of drug-likeness (QED) is 0.753. The normalized spacial score (nSPS) is 16.2. The molecule has 1 aliphatic carbocycles. The molecule has 3 rings (SSSR count). The Kier molecular flexibility index (Phi) is 6.08. The fraction of sp³-hybridized carbons (Fsp3) is 0.409. The van der Waals surface area contributed by atoms with Crippen LogP contribution in [0.3, 0.4) is 0 Å². The van der Waals surface area contributed by atoms with Crippen LogP contribution in [-0.4, -0.2) is 26.1 Å². The van der Waals surface area contributed by atoms with E-state index in [0.717, 1.165) is 12.8 Å². The van der Waals surface area contributed by atoms with Gasteiger partial charge in [0.2, 0.25) is 0 Å². The van der Waals surface area contributed by atoms with E-state index in [1.165, 1.54) is 42.5 Å². The van der Waals surface area contributed by atoms with E-state index in [2.05, 4.69) is 5.32 Å². The van der Waals surface area contributed by atoms with Crippen molar-refractivity contribution < 1.29 is 22.0 Å². The van der Waals surface area contributed by atoms with Crippen LogP contribution in [0.15, 0.2) is 47.4 Å². The summed E-state index contributed by atoms with van der Waals surface area (Å²) in [7, 11) is -3.42. The molecule has 1 fully saturated rings. The molecule has 4 nitrogen and oxygen atoms in total. The van der Waals surface area contributed by atoms with Gasteiger partial charge in [-0.3, -0.25) is 4.79 Å². The Labute approximate surface area is 170 Å². The fourth-order valence-corrected chi connectivity index (χ4v) is 5.05. The summed E-state index contributed by atoms with van der Waals surface area (Å²) in [5, 5.41) is 2.24. The van der Waals surface area contributed by atoms with Crippen LogP contribution in [0.25, 0.3) is 0 Å². The second kappa shape index (κ2) is 8.22. The van der Waals surface area contributed by atoms with Crippen molar-refractivity contribution in [3.8, 4) is 0 Å². The minimum Gasteiger partial charge on any atom is -0.351 e. The van der Waals surface area contributed by atoms with Crippen LogP contribution < -0.4 is 5.32 Å². The van der Waals surface area contributed by atoms with E-state index in [4.69, 9.17) is 0 Å². The molecule has 0 unspecified atom stereocenters. The zero-order valence-corrected chi connectivity index (χ0v) is 17.4. The summed E-state index contributed by atoms with van der Waals surface area (Å²) in [6, 6.07) is 9.55. The molecule has 2 aromatic carbocycles. The van der Waals surface area contributed by atoms with Gasteiger partial charge in [-0.15, -0.1) is 0 Å². The Morgan fingerprint density at radius 1 is 1.03 bits per heavy atom. The third kappa shape index (κ3) is 4.20. The molecule has 0 saturated heterocycles. The van der Waals surface area contributed by atoms with Crippen molar-refractivity contribution in [3.05, 3.63) is 65.2 Å². The SMILES string of the molecule is CC(C)S(=O)(=O)c1ccc(C(=O)NCC2(c3c(F)cccc3F)CCCC2)cc1. The van der Waals surface area contributed by atoms with Crippen molar-refractivity contribution in [1.82, 2.24) is 5.32 Å². The zero-order chi connectivity index (χ0) is 21.2. The predicted octanol–water partition coefficient (Wildman–Crippen LogP) is 4.39. The highest BCUT2D eigenvalue weighted by Crippen LogP contribution is 2.42. The smallest absolute Gasteiger partial charge is 0.251 e. The lowest BCUT2D eigenvalue weighted by Gasteiger charge is -2.30. The zero-order valence-electron chi connectivity index (χ0n) is 16.5. The largest absolute Gasteiger partial charge is 0.351 e. The van der Waals surface area contributed by atoms with Gasteiger partial charge in [-0.05, 0) is 63.1 Å². The van der Waals surface area contributed by atoms with Gasteiger partial charge in [0.25, 0.3) is 5.91 Å². The number of hydrogen-bond donors (Lipinski definition) is 1. The van der Waals surface area contributed by atoms with E-state index in [1.54, 1.807) is 13.8 Å². The van der Waals surface area contributed by atoms with E-state index in [0.29, 0.717) is 18.4 Å². The van der Waals surface area contributed by atoms with Crippen molar-refractivity contribution in [3.63, 3.8) is 0 Å². The Morgan fingerprint density at radius 3 is 2.10 bits per heavy atom. The van der Waals surface area contributed by atoms with Crippen LogP contribution in [-0.2, 0) is 15.3 Å². The van der Waals surface area contributed by atoms with Crippen LogP contribution in [0, 0.1) is 11.6 Å². The fourth-order valence-electron chi connectivity index (χ4n) is 3.99. The van der Waals surface area contributed by atoms with E-state index in [9.17, 15) is 22.0 Å². The highest BCUT2D eigenvalue weighted by molar-refractivity contribution is 7.92. The minimum absolute atomic E-state index is 0.0381.